The van der Waals surface area contributed by atoms with Crippen LogP contribution < -0.4 is 4.90 Å². The number of anilines is 1. The normalized spacial score (nSPS) is 17.0. The Balaban J connectivity index is 2.11. The lowest BCUT2D eigenvalue weighted by Crippen LogP contribution is -2.36. The van der Waals surface area contributed by atoms with E-state index in [4.69, 9.17) is 4.74 Å². The summed E-state index contributed by atoms with van der Waals surface area (Å²) in [6.45, 7) is 2.83. The Morgan fingerprint density at radius 1 is 1.57 bits per heavy atom. The molecule has 2 heterocycles. The average Bonchev–Trinajstić information content (AvgIpc) is 2.68. The van der Waals surface area contributed by atoms with E-state index in [0.29, 0.717) is 18.3 Å². The van der Waals surface area contributed by atoms with Crippen LogP contribution in [-0.2, 0) is 4.74 Å². The fraction of sp³-hybridized carbons (Fsp3) is 0.571. The van der Waals surface area contributed by atoms with Crippen molar-refractivity contribution in [3.63, 3.8) is 0 Å². The highest BCUT2D eigenvalue weighted by molar-refractivity contribution is 7.18. The maximum Gasteiger partial charge on any atom is 0.345 e. The summed E-state index contributed by atoms with van der Waals surface area (Å²) in [7, 11) is 0. The molecule has 1 aromatic heterocycles. The average molecular weight is 215 g/mol. The molecule has 1 aliphatic rings. The zero-order valence-electron chi connectivity index (χ0n) is 7.38. The minimum atomic E-state index is -0.415. The lowest BCUT2D eigenvalue weighted by atomic mass is 10.5. The molecule has 0 unspecified atom stereocenters. The van der Waals surface area contributed by atoms with Gasteiger partial charge in [0, 0.05) is 13.1 Å². The van der Waals surface area contributed by atoms with Gasteiger partial charge in [0.1, 0.15) is 6.20 Å². The zero-order chi connectivity index (χ0) is 9.97. The van der Waals surface area contributed by atoms with Crippen LogP contribution in [0.15, 0.2) is 6.20 Å². The number of hydrogen-bond donors (Lipinski definition) is 0. The van der Waals surface area contributed by atoms with E-state index >= 15 is 0 Å². The lowest BCUT2D eigenvalue weighted by Gasteiger charge is -2.25. The van der Waals surface area contributed by atoms with Crippen LogP contribution in [0.25, 0.3) is 0 Å². The van der Waals surface area contributed by atoms with E-state index in [0.717, 1.165) is 24.4 Å². The quantitative estimate of drug-likeness (QED) is 0.541. The van der Waals surface area contributed by atoms with Crippen LogP contribution in [0, 0.1) is 10.1 Å². The summed E-state index contributed by atoms with van der Waals surface area (Å²) in [6.07, 6.45) is 1.30. The van der Waals surface area contributed by atoms with Crippen LogP contribution in [0.4, 0.5) is 10.1 Å². The Kier molecular flexibility index (Phi) is 2.60. The van der Waals surface area contributed by atoms with Crippen LogP contribution in [-0.4, -0.2) is 36.2 Å². The third-order valence-corrected chi connectivity index (χ3v) is 2.95. The second kappa shape index (κ2) is 3.89. The molecule has 1 aliphatic heterocycles. The molecule has 1 fully saturated rings. The van der Waals surface area contributed by atoms with Crippen LogP contribution in [0.5, 0.6) is 0 Å². The molecule has 1 saturated heterocycles. The summed E-state index contributed by atoms with van der Waals surface area (Å²) < 4.78 is 5.18. The second-order valence-corrected chi connectivity index (χ2v) is 3.83. The van der Waals surface area contributed by atoms with Crippen molar-refractivity contribution >= 4 is 21.5 Å². The van der Waals surface area contributed by atoms with E-state index in [-0.39, 0.29) is 5.00 Å². The molecule has 0 atom stereocenters. The van der Waals surface area contributed by atoms with Gasteiger partial charge in [0.25, 0.3) is 0 Å². The second-order valence-electron chi connectivity index (χ2n) is 2.84. The Labute approximate surface area is 84.3 Å². The molecule has 0 amide bonds. The Hall–Kier alpha value is -1.21. The summed E-state index contributed by atoms with van der Waals surface area (Å²) >= 11 is 1.11. The van der Waals surface area contributed by atoms with E-state index in [9.17, 15) is 10.1 Å². The molecule has 0 aliphatic carbocycles. The zero-order valence-corrected chi connectivity index (χ0v) is 8.20. The van der Waals surface area contributed by atoms with E-state index in [1.807, 2.05) is 4.90 Å². The van der Waals surface area contributed by atoms with Crippen molar-refractivity contribution in [1.29, 1.82) is 0 Å². The number of nitrogens with zero attached hydrogens (tertiary/aromatic N) is 3. The molecule has 1 aromatic rings. The number of morpholine rings is 1. The van der Waals surface area contributed by atoms with Crippen molar-refractivity contribution < 1.29 is 9.66 Å². The van der Waals surface area contributed by atoms with Crippen molar-refractivity contribution in [2.75, 3.05) is 31.2 Å². The summed E-state index contributed by atoms with van der Waals surface area (Å²) in [6, 6.07) is 0. The van der Waals surface area contributed by atoms with Gasteiger partial charge in [0.2, 0.25) is 0 Å². The van der Waals surface area contributed by atoms with Gasteiger partial charge in [-0.25, -0.2) is 4.98 Å². The van der Waals surface area contributed by atoms with Gasteiger partial charge in [-0.1, -0.05) is 0 Å². The first-order valence-electron chi connectivity index (χ1n) is 4.20. The monoisotopic (exact) mass is 215 g/mol. The Morgan fingerprint density at radius 2 is 2.29 bits per heavy atom. The van der Waals surface area contributed by atoms with Crippen molar-refractivity contribution in [2.45, 2.75) is 0 Å². The number of ether oxygens (including phenoxy) is 1. The molecule has 14 heavy (non-hydrogen) atoms. The lowest BCUT2D eigenvalue weighted by molar-refractivity contribution is -0.380. The maximum absolute atomic E-state index is 10.4. The van der Waals surface area contributed by atoms with Crippen LogP contribution in [0.1, 0.15) is 0 Å². The van der Waals surface area contributed by atoms with Gasteiger partial charge in [-0.15, -0.1) is 0 Å². The van der Waals surface area contributed by atoms with Crippen molar-refractivity contribution in [1.82, 2.24) is 4.98 Å². The van der Waals surface area contributed by atoms with E-state index in [2.05, 4.69) is 4.98 Å². The first-order chi connectivity index (χ1) is 6.77. The first-order valence-corrected chi connectivity index (χ1v) is 5.02. The largest absolute Gasteiger partial charge is 0.378 e. The highest BCUT2D eigenvalue weighted by atomic mass is 32.1. The number of hydrogen-bond acceptors (Lipinski definition) is 6. The Bertz CT molecular complexity index is 335. The highest BCUT2D eigenvalue weighted by Gasteiger charge is 2.18. The molecular formula is C7H9N3O3S. The van der Waals surface area contributed by atoms with Gasteiger partial charge < -0.3 is 9.64 Å². The molecule has 7 heteroatoms. The fourth-order valence-electron chi connectivity index (χ4n) is 1.24. The van der Waals surface area contributed by atoms with Gasteiger partial charge in [-0.2, -0.15) is 0 Å². The number of rotatable bonds is 2. The minimum Gasteiger partial charge on any atom is -0.378 e. The van der Waals surface area contributed by atoms with Gasteiger partial charge in [0.15, 0.2) is 5.13 Å². The summed E-state index contributed by atoms with van der Waals surface area (Å²) in [5, 5.41) is 11.2. The molecule has 0 N–H and O–H groups in total. The third-order valence-electron chi connectivity index (χ3n) is 1.94. The van der Waals surface area contributed by atoms with Gasteiger partial charge >= 0.3 is 5.00 Å². The van der Waals surface area contributed by atoms with Gasteiger partial charge in [0.05, 0.1) is 18.1 Å². The van der Waals surface area contributed by atoms with Crippen molar-refractivity contribution in [2.24, 2.45) is 0 Å². The van der Waals surface area contributed by atoms with E-state index in [1.165, 1.54) is 6.20 Å². The summed E-state index contributed by atoms with van der Waals surface area (Å²) in [5.74, 6) is 0. The number of aromatic nitrogens is 1. The van der Waals surface area contributed by atoms with Gasteiger partial charge in [-0.3, -0.25) is 10.1 Å². The predicted molar refractivity (Wildman–Crippen MR) is 51.8 cm³/mol. The van der Waals surface area contributed by atoms with E-state index < -0.39 is 4.92 Å². The molecule has 0 radical (unpaired) electrons. The Morgan fingerprint density at radius 3 is 2.86 bits per heavy atom. The molecule has 2 rings (SSSR count). The van der Waals surface area contributed by atoms with Gasteiger partial charge in [-0.05, 0) is 11.3 Å². The topological polar surface area (TPSA) is 68.5 Å². The standard InChI is InChI=1S/C7H9N3O3S/c11-10(12)6-5-8-7(14-6)9-1-3-13-4-2-9/h5H,1-4H2. The SMILES string of the molecule is O=[N+]([O-])c1cnc(N2CCOCC2)s1. The smallest absolute Gasteiger partial charge is 0.345 e. The molecular weight excluding hydrogens is 206 g/mol. The van der Waals surface area contributed by atoms with Crippen molar-refractivity contribution in [3.05, 3.63) is 16.3 Å². The molecule has 0 saturated carbocycles. The number of thiazole rings is 1. The summed E-state index contributed by atoms with van der Waals surface area (Å²) in [4.78, 5) is 16.0. The van der Waals surface area contributed by atoms with E-state index in [1.54, 1.807) is 0 Å². The van der Waals surface area contributed by atoms with Crippen LogP contribution >= 0.6 is 11.3 Å². The molecule has 0 aromatic carbocycles. The molecule has 76 valence electrons. The third kappa shape index (κ3) is 1.83. The van der Waals surface area contributed by atoms with Crippen LogP contribution in [0.3, 0.4) is 0 Å². The first kappa shape index (κ1) is 9.35. The van der Waals surface area contributed by atoms with Crippen molar-refractivity contribution in [3.8, 4) is 0 Å². The summed E-state index contributed by atoms with van der Waals surface area (Å²) in [5.41, 5.74) is 0. The maximum atomic E-state index is 10.4. The molecule has 0 bridgehead atoms. The minimum absolute atomic E-state index is 0.0893. The molecule has 6 nitrogen and oxygen atoms in total. The number of nitro groups is 1. The fourth-order valence-corrected chi connectivity index (χ4v) is 2.03. The molecule has 0 spiro atoms. The highest BCUT2D eigenvalue weighted by Crippen LogP contribution is 2.28. The predicted octanol–water partition coefficient (Wildman–Crippen LogP) is 0.888. The van der Waals surface area contributed by atoms with Crippen LogP contribution in [0.2, 0.25) is 0 Å².